The maximum Gasteiger partial charge on any atom is 0.320 e. The molecule has 0 radical (unpaired) electrons. The smallest absolute Gasteiger partial charge is 0.320 e. The van der Waals surface area contributed by atoms with Gasteiger partial charge in [-0.2, -0.15) is 4.99 Å². The van der Waals surface area contributed by atoms with E-state index in [1.807, 2.05) is 24.5 Å². The first-order chi connectivity index (χ1) is 24.4. The molecule has 1 unspecified atom stereocenters. The van der Waals surface area contributed by atoms with E-state index in [0.29, 0.717) is 33.7 Å². The first kappa shape index (κ1) is 45.8. The van der Waals surface area contributed by atoms with Gasteiger partial charge in [0, 0.05) is 15.7 Å². The quantitative estimate of drug-likeness (QED) is 0.0733. The number of nitrogens with two attached hydrogens (primary N) is 1. The number of thiocarbonyl (C=S) groups is 1. The second-order valence-electron chi connectivity index (χ2n) is 11.6. The molecule has 1 aliphatic heterocycles. The molecule has 51 heavy (non-hydrogen) atoms. The Morgan fingerprint density at radius 2 is 1.45 bits per heavy atom. The third kappa shape index (κ3) is 17.7. The lowest BCUT2D eigenvalue weighted by molar-refractivity contribution is -0.159. The molecule has 0 saturated carbocycles. The van der Waals surface area contributed by atoms with Crippen molar-refractivity contribution in [1.29, 1.82) is 0 Å². The maximum atomic E-state index is 12.9. The Balaban J connectivity index is 0.000000416. The Morgan fingerprint density at radius 1 is 0.902 bits per heavy atom. The fourth-order valence-electron chi connectivity index (χ4n) is 5.04. The SMILES string of the molecule is CCCCCCCC(C(=O)OC)C(=O)OC.CCCCCCCC1C(=O)N=C(SC)N(c2cccc(Cl)c2)C1=O.NC(=S)Nc1cccc(Cl)c1. The van der Waals surface area contributed by atoms with E-state index in [1.165, 1.54) is 56.6 Å². The van der Waals surface area contributed by atoms with Gasteiger partial charge in [-0.3, -0.25) is 24.1 Å². The van der Waals surface area contributed by atoms with Gasteiger partial charge in [-0.1, -0.05) is 125 Å². The fraction of sp³-hybridized carbons (Fsp3) is 0.514. The summed E-state index contributed by atoms with van der Waals surface area (Å²) in [5, 5.41) is 4.63. The van der Waals surface area contributed by atoms with Crippen LogP contribution in [0.1, 0.15) is 90.9 Å². The van der Waals surface area contributed by atoms with Gasteiger partial charge in [0.25, 0.3) is 5.91 Å². The van der Waals surface area contributed by atoms with Gasteiger partial charge in [-0.25, -0.2) is 0 Å². The molecule has 1 atom stereocenters. The third-order valence-electron chi connectivity index (χ3n) is 7.72. The van der Waals surface area contributed by atoms with Crippen LogP contribution in [0.25, 0.3) is 0 Å². The Morgan fingerprint density at radius 3 is 1.96 bits per heavy atom. The molecule has 0 spiro atoms. The number of anilines is 2. The largest absolute Gasteiger partial charge is 0.468 e. The Labute approximate surface area is 322 Å². The van der Waals surface area contributed by atoms with Gasteiger partial charge < -0.3 is 20.5 Å². The molecule has 0 aromatic heterocycles. The number of nitrogens with one attached hydrogen (secondary N) is 1. The lowest BCUT2D eigenvalue weighted by Gasteiger charge is -2.30. The molecule has 282 valence electrons. The Hall–Kier alpha value is -3.19. The molecule has 2 aromatic carbocycles. The zero-order valence-electron chi connectivity index (χ0n) is 30.3. The number of carbonyl (C=O) groups is 4. The van der Waals surface area contributed by atoms with Crippen LogP contribution >= 0.6 is 47.2 Å². The van der Waals surface area contributed by atoms with Crippen LogP contribution < -0.4 is 16.0 Å². The Kier molecular flexibility index (Phi) is 23.9. The number of methoxy groups -OCH3 is 2. The number of hydrogen-bond acceptors (Lipinski definition) is 8. The van der Waals surface area contributed by atoms with Crippen molar-refractivity contribution < 1.29 is 28.7 Å². The number of amidine groups is 1. The predicted molar refractivity (Wildman–Crippen MR) is 215 cm³/mol. The standard InChI is InChI=1S/C18H23ClN2O2S.C12H22O4.C7H7ClN2S/c1-3-4-5-6-7-11-15-16(22)20-18(24-2)21(17(15)23)14-10-8-9-13(19)12-14;1-4-5-6-7-8-9-10(11(13)15-2)12(14)16-3;8-5-2-1-3-6(4-5)10-7(9)11/h8-10,12,15H,3-7,11H2,1-2H3;10H,4-9H2,1-3H3;1-4H,(H3,9,10,11). The number of hydrogen-bond donors (Lipinski definition) is 2. The number of rotatable bonds is 16. The van der Waals surface area contributed by atoms with Crippen molar-refractivity contribution >= 4 is 92.6 Å². The first-order valence-corrected chi connectivity index (χ1v) is 19.6. The molecular weight excluding hydrogens is 731 g/mol. The van der Waals surface area contributed by atoms with Gasteiger partial charge >= 0.3 is 11.9 Å². The number of esters is 2. The number of carbonyl (C=O) groups excluding carboxylic acids is 4. The molecule has 10 nitrogen and oxygen atoms in total. The third-order valence-corrected chi connectivity index (χ3v) is 8.93. The average Bonchev–Trinajstić information content (AvgIpc) is 3.10. The topological polar surface area (TPSA) is 140 Å². The van der Waals surface area contributed by atoms with Crippen molar-refractivity contribution in [2.45, 2.75) is 90.9 Å². The van der Waals surface area contributed by atoms with E-state index in [2.05, 4.69) is 45.8 Å². The maximum absolute atomic E-state index is 12.9. The van der Waals surface area contributed by atoms with Gasteiger partial charge in [0.2, 0.25) is 5.91 Å². The summed E-state index contributed by atoms with van der Waals surface area (Å²) in [6.45, 7) is 4.31. The molecule has 2 amide bonds. The first-order valence-electron chi connectivity index (χ1n) is 17.2. The molecule has 14 heteroatoms. The molecule has 0 saturated heterocycles. The summed E-state index contributed by atoms with van der Waals surface area (Å²) in [6, 6.07) is 14.3. The predicted octanol–water partition coefficient (Wildman–Crippen LogP) is 9.21. The van der Waals surface area contributed by atoms with Crippen LogP contribution in [0.3, 0.4) is 0 Å². The van der Waals surface area contributed by atoms with Crippen LogP contribution in [-0.4, -0.2) is 54.5 Å². The van der Waals surface area contributed by atoms with Crippen molar-refractivity contribution in [2.75, 3.05) is 30.7 Å². The van der Waals surface area contributed by atoms with Crippen LogP contribution in [0, 0.1) is 11.8 Å². The van der Waals surface area contributed by atoms with Crippen LogP contribution in [0.2, 0.25) is 10.0 Å². The van der Waals surface area contributed by atoms with Crippen LogP contribution in [-0.2, 0) is 28.7 Å². The van der Waals surface area contributed by atoms with Crippen LogP contribution in [0.15, 0.2) is 53.5 Å². The molecule has 0 bridgehead atoms. The van der Waals surface area contributed by atoms with Crippen molar-refractivity contribution in [3.63, 3.8) is 0 Å². The van der Waals surface area contributed by atoms with Crippen LogP contribution in [0.5, 0.6) is 0 Å². The summed E-state index contributed by atoms with van der Waals surface area (Å²) >= 11 is 17.7. The molecule has 0 aliphatic carbocycles. The van der Waals surface area contributed by atoms with Crippen molar-refractivity contribution in [2.24, 2.45) is 22.6 Å². The van der Waals surface area contributed by atoms with E-state index < -0.39 is 23.8 Å². The van der Waals surface area contributed by atoms with E-state index in [4.69, 9.17) is 28.9 Å². The zero-order chi connectivity index (χ0) is 38.2. The number of thioether (sulfide) groups is 1. The highest BCUT2D eigenvalue weighted by Crippen LogP contribution is 2.29. The van der Waals surface area contributed by atoms with Gasteiger partial charge in [0.15, 0.2) is 16.2 Å². The van der Waals surface area contributed by atoms with Crippen molar-refractivity contribution in [3.8, 4) is 0 Å². The van der Waals surface area contributed by atoms with E-state index in [0.717, 1.165) is 44.2 Å². The number of ether oxygens (including phenoxy) is 2. The van der Waals surface area contributed by atoms with Gasteiger partial charge in [0.05, 0.1) is 19.9 Å². The molecule has 2 aromatic rings. The van der Waals surface area contributed by atoms with Gasteiger partial charge in [-0.05, 0) is 67.7 Å². The highest BCUT2D eigenvalue weighted by molar-refractivity contribution is 8.13. The fourth-order valence-corrected chi connectivity index (χ4v) is 6.10. The highest BCUT2D eigenvalue weighted by atomic mass is 35.5. The highest BCUT2D eigenvalue weighted by Gasteiger charge is 2.38. The number of nitrogens with zero attached hydrogens (tertiary/aromatic N) is 2. The monoisotopic (exact) mass is 782 g/mol. The summed E-state index contributed by atoms with van der Waals surface area (Å²) < 4.78 is 9.15. The van der Waals surface area contributed by atoms with E-state index in [-0.39, 0.29) is 16.9 Å². The van der Waals surface area contributed by atoms with Crippen LogP contribution in [0.4, 0.5) is 11.4 Å². The van der Waals surface area contributed by atoms with E-state index in [1.54, 1.807) is 30.3 Å². The normalized spacial score (nSPS) is 13.7. The minimum absolute atomic E-state index is 0.197. The number of benzene rings is 2. The van der Waals surface area contributed by atoms with E-state index >= 15 is 0 Å². The minimum Gasteiger partial charge on any atom is -0.468 e. The summed E-state index contributed by atoms with van der Waals surface area (Å²) in [5.41, 5.74) is 6.72. The van der Waals surface area contributed by atoms with E-state index in [9.17, 15) is 19.2 Å². The molecule has 1 aliphatic rings. The second-order valence-corrected chi connectivity index (χ2v) is 13.7. The second kappa shape index (κ2) is 26.6. The lowest BCUT2D eigenvalue weighted by atomic mass is 9.97. The number of unbranched alkanes of at least 4 members (excludes halogenated alkanes) is 8. The molecule has 0 fully saturated rings. The molecule has 1 heterocycles. The number of aliphatic imine (C=N–C) groups is 1. The minimum atomic E-state index is -0.753. The summed E-state index contributed by atoms with van der Waals surface area (Å²) in [7, 11) is 2.57. The molecule has 3 N–H and O–H groups in total. The summed E-state index contributed by atoms with van der Waals surface area (Å²) in [6.07, 6.45) is 13.7. The van der Waals surface area contributed by atoms with Crippen molar-refractivity contribution in [1.82, 2.24) is 0 Å². The number of halogens is 2. The Bertz CT molecular complexity index is 1430. The molecule has 3 rings (SSSR count). The van der Waals surface area contributed by atoms with Crippen molar-refractivity contribution in [3.05, 3.63) is 58.6 Å². The lowest BCUT2D eigenvalue weighted by Crippen LogP contribution is -2.46. The zero-order valence-corrected chi connectivity index (χ0v) is 33.4. The summed E-state index contributed by atoms with van der Waals surface area (Å²) in [4.78, 5) is 53.4. The van der Waals surface area contributed by atoms with Gasteiger partial charge in [-0.15, -0.1) is 0 Å². The average molecular weight is 784 g/mol. The molecular formula is C37H52Cl2N4O6S2. The summed E-state index contributed by atoms with van der Waals surface area (Å²) in [5.74, 6) is -2.95. The van der Waals surface area contributed by atoms with Gasteiger partial charge in [0.1, 0.15) is 5.92 Å². The number of amides is 2.